The number of hydrogen-bond acceptors (Lipinski definition) is 3. The molecule has 0 bridgehead atoms. The van der Waals surface area contributed by atoms with Crippen molar-refractivity contribution in [1.82, 2.24) is 14.8 Å². The molecule has 0 atom stereocenters. The molecular weight excluding hydrogens is 170 g/mol. The lowest BCUT2D eigenvalue weighted by Gasteiger charge is -2.41. The summed E-state index contributed by atoms with van der Waals surface area (Å²) in [6.07, 6.45) is 6.29. The normalized spacial score (nSPS) is 19.4. The van der Waals surface area contributed by atoms with Crippen LogP contribution < -0.4 is 0 Å². The largest absolute Gasteiger partial charge is 0.481 e. The molecule has 1 aromatic heterocycles. The molecular formula is C8H11N3O2. The predicted molar refractivity (Wildman–Crippen MR) is 44.1 cm³/mol. The Labute approximate surface area is 75.4 Å². The highest BCUT2D eigenvalue weighted by molar-refractivity contribution is 5.68. The van der Waals surface area contributed by atoms with Crippen molar-refractivity contribution >= 4 is 5.97 Å². The van der Waals surface area contributed by atoms with Gasteiger partial charge in [-0.1, -0.05) is 0 Å². The minimum absolute atomic E-state index is 0.172. The van der Waals surface area contributed by atoms with E-state index in [0.29, 0.717) is 0 Å². The van der Waals surface area contributed by atoms with Gasteiger partial charge in [-0.15, -0.1) is 10.2 Å². The van der Waals surface area contributed by atoms with Crippen LogP contribution in [-0.4, -0.2) is 25.8 Å². The van der Waals surface area contributed by atoms with E-state index in [1.54, 1.807) is 12.7 Å². The second kappa shape index (κ2) is 2.83. The van der Waals surface area contributed by atoms with Gasteiger partial charge in [-0.05, 0) is 19.3 Å². The second-order valence-electron chi connectivity index (χ2n) is 3.52. The molecule has 0 unspecified atom stereocenters. The van der Waals surface area contributed by atoms with Gasteiger partial charge in [-0.2, -0.15) is 0 Å². The first-order chi connectivity index (χ1) is 6.23. The number of hydrogen-bond donors (Lipinski definition) is 1. The van der Waals surface area contributed by atoms with Crippen LogP contribution >= 0.6 is 0 Å². The summed E-state index contributed by atoms with van der Waals surface area (Å²) in [4.78, 5) is 10.6. The molecule has 0 amide bonds. The molecule has 5 heteroatoms. The van der Waals surface area contributed by atoms with Gasteiger partial charge < -0.3 is 9.67 Å². The van der Waals surface area contributed by atoms with Gasteiger partial charge in [0.05, 0.1) is 12.0 Å². The molecule has 5 nitrogen and oxygen atoms in total. The first-order valence-electron chi connectivity index (χ1n) is 4.30. The van der Waals surface area contributed by atoms with Crippen LogP contribution in [0.4, 0.5) is 0 Å². The van der Waals surface area contributed by atoms with E-state index in [4.69, 9.17) is 5.11 Å². The van der Waals surface area contributed by atoms with Crippen molar-refractivity contribution in [2.75, 3.05) is 0 Å². The average molecular weight is 181 g/mol. The smallest absolute Gasteiger partial charge is 0.305 e. The van der Waals surface area contributed by atoms with Gasteiger partial charge in [0.25, 0.3) is 0 Å². The fourth-order valence-electron chi connectivity index (χ4n) is 1.84. The van der Waals surface area contributed by atoms with Crippen LogP contribution in [0.2, 0.25) is 0 Å². The topological polar surface area (TPSA) is 68.0 Å². The lowest BCUT2D eigenvalue weighted by molar-refractivity contribution is -0.140. The van der Waals surface area contributed by atoms with Crippen LogP contribution in [0, 0.1) is 0 Å². The molecule has 70 valence electrons. The van der Waals surface area contributed by atoms with Gasteiger partial charge in [0, 0.05) is 0 Å². The Morgan fingerprint density at radius 3 is 2.46 bits per heavy atom. The molecule has 1 aromatic rings. The van der Waals surface area contributed by atoms with Crippen molar-refractivity contribution in [2.45, 2.75) is 31.2 Å². The van der Waals surface area contributed by atoms with E-state index < -0.39 is 5.97 Å². The highest BCUT2D eigenvalue weighted by Gasteiger charge is 2.40. The number of nitrogens with zero attached hydrogens (tertiary/aromatic N) is 3. The zero-order valence-electron chi connectivity index (χ0n) is 7.18. The number of carboxylic acids is 1. The Morgan fingerprint density at radius 1 is 1.46 bits per heavy atom. The summed E-state index contributed by atoms with van der Waals surface area (Å²) in [6, 6.07) is 0. The SMILES string of the molecule is O=C(O)CC1(n2cnnc2)CCC1. The molecule has 1 fully saturated rings. The molecule has 1 heterocycles. The third kappa shape index (κ3) is 1.30. The number of aromatic nitrogens is 3. The molecule has 0 aliphatic heterocycles. The number of aliphatic carboxylic acids is 1. The van der Waals surface area contributed by atoms with E-state index in [1.807, 2.05) is 4.57 Å². The number of carbonyl (C=O) groups is 1. The fourth-order valence-corrected chi connectivity index (χ4v) is 1.84. The van der Waals surface area contributed by atoms with Crippen LogP contribution in [0.25, 0.3) is 0 Å². The summed E-state index contributed by atoms with van der Waals surface area (Å²) in [5.74, 6) is -0.756. The van der Waals surface area contributed by atoms with Gasteiger partial charge in [0.15, 0.2) is 0 Å². The predicted octanol–water partition coefficient (Wildman–Crippen LogP) is 0.632. The molecule has 0 spiro atoms. The Bertz CT molecular complexity index is 303. The maximum Gasteiger partial charge on any atom is 0.305 e. The van der Waals surface area contributed by atoms with Gasteiger partial charge >= 0.3 is 5.97 Å². The van der Waals surface area contributed by atoms with Gasteiger partial charge in [0.1, 0.15) is 12.7 Å². The quantitative estimate of drug-likeness (QED) is 0.742. The molecule has 2 rings (SSSR count). The zero-order valence-corrected chi connectivity index (χ0v) is 7.18. The van der Waals surface area contributed by atoms with Gasteiger partial charge in [0.2, 0.25) is 0 Å². The highest BCUT2D eigenvalue weighted by Crippen LogP contribution is 2.41. The van der Waals surface area contributed by atoms with Crippen molar-refractivity contribution in [3.05, 3.63) is 12.7 Å². The molecule has 0 saturated heterocycles. The molecule has 1 N–H and O–H groups in total. The van der Waals surface area contributed by atoms with Crippen molar-refractivity contribution in [3.8, 4) is 0 Å². The van der Waals surface area contributed by atoms with Crippen molar-refractivity contribution in [2.24, 2.45) is 0 Å². The Hall–Kier alpha value is -1.39. The van der Waals surface area contributed by atoms with E-state index in [-0.39, 0.29) is 12.0 Å². The monoisotopic (exact) mass is 181 g/mol. The van der Waals surface area contributed by atoms with Crippen LogP contribution in [0.3, 0.4) is 0 Å². The fraction of sp³-hybridized carbons (Fsp3) is 0.625. The second-order valence-corrected chi connectivity index (χ2v) is 3.52. The lowest BCUT2D eigenvalue weighted by atomic mass is 9.74. The van der Waals surface area contributed by atoms with Gasteiger partial charge in [-0.25, -0.2) is 0 Å². The van der Waals surface area contributed by atoms with Crippen molar-refractivity contribution < 1.29 is 9.90 Å². The summed E-state index contributed by atoms with van der Waals surface area (Å²) >= 11 is 0. The standard InChI is InChI=1S/C8H11N3O2/c12-7(13)4-8(2-1-3-8)11-5-9-10-6-11/h5-6H,1-4H2,(H,12,13). The van der Waals surface area contributed by atoms with Crippen LogP contribution in [0.5, 0.6) is 0 Å². The van der Waals surface area contributed by atoms with Crippen molar-refractivity contribution in [3.63, 3.8) is 0 Å². The minimum Gasteiger partial charge on any atom is -0.481 e. The summed E-state index contributed by atoms with van der Waals surface area (Å²) in [5, 5.41) is 16.2. The highest BCUT2D eigenvalue weighted by atomic mass is 16.4. The number of rotatable bonds is 3. The average Bonchev–Trinajstić information content (AvgIpc) is 2.48. The summed E-state index contributed by atoms with van der Waals surface area (Å²) < 4.78 is 1.82. The van der Waals surface area contributed by atoms with E-state index >= 15 is 0 Å². The van der Waals surface area contributed by atoms with Crippen LogP contribution in [0.1, 0.15) is 25.7 Å². The molecule has 0 aromatic carbocycles. The van der Waals surface area contributed by atoms with E-state index in [2.05, 4.69) is 10.2 Å². The van der Waals surface area contributed by atoms with Crippen molar-refractivity contribution in [1.29, 1.82) is 0 Å². The maximum absolute atomic E-state index is 10.6. The first-order valence-corrected chi connectivity index (χ1v) is 4.30. The third-order valence-electron chi connectivity index (χ3n) is 2.73. The summed E-state index contributed by atoms with van der Waals surface area (Å²) in [7, 11) is 0. The van der Waals surface area contributed by atoms with E-state index in [1.165, 1.54) is 0 Å². The molecule has 1 aliphatic rings. The Morgan fingerprint density at radius 2 is 2.08 bits per heavy atom. The summed E-state index contributed by atoms with van der Waals surface area (Å²) in [6.45, 7) is 0. The van der Waals surface area contributed by atoms with Crippen LogP contribution in [-0.2, 0) is 10.3 Å². The Kier molecular flexibility index (Phi) is 1.79. The lowest BCUT2D eigenvalue weighted by Crippen LogP contribution is -2.41. The zero-order chi connectivity index (χ0) is 9.31. The molecule has 0 radical (unpaired) electrons. The molecule has 1 aliphatic carbocycles. The summed E-state index contributed by atoms with van der Waals surface area (Å²) in [5.41, 5.74) is -0.241. The first kappa shape index (κ1) is 8.22. The van der Waals surface area contributed by atoms with Crippen LogP contribution in [0.15, 0.2) is 12.7 Å². The maximum atomic E-state index is 10.6. The van der Waals surface area contributed by atoms with E-state index in [9.17, 15) is 4.79 Å². The third-order valence-corrected chi connectivity index (χ3v) is 2.73. The minimum atomic E-state index is -0.756. The molecule has 13 heavy (non-hydrogen) atoms. The Balaban J connectivity index is 2.20. The number of carboxylic acid groups (broad SMARTS) is 1. The van der Waals surface area contributed by atoms with E-state index in [0.717, 1.165) is 19.3 Å². The molecule has 1 saturated carbocycles. The van der Waals surface area contributed by atoms with Gasteiger partial charge in [-0.3, -0.25) is 4.79 Å².